The highest BCUT2D eigenvalue weighted by atomic mass is 79.9. The predicted octanol–water partition coefficient (Wildman–Crippen LogP) is 2.01. The van der Waals surface area contributed by atoms with Crippen LogP contribution >= 0.6 is 15.9 Å². The molecule has 2 aliphatic rings. The first-order chi connectivity index (χ1) is 15.9. The molecule has 4 aromatic rings. The van der Waals surface area contributed by atoms with Gasteiger partial charge in [-0.05, 0) is 57.9 Å². The van der Waals surface area contributed by atoms with Crippen molar-refractivity contribution in [2.75, 3.05) is 12.3 Å². The van der Waals surface area contributed by atoms with Crippen LogP contribution < -0.4 is 16.6 Å². The van der Waals surface area contributed by atoms with Gasteiger partial charge < -0.3 is 30.8 Å². The highest BCUT2D eigenvalue weighted by molar-refractivity contribution is 9.10. The van der Waals surface area contributed by atoms with Crippen LogP contribution in [0.25, 0.3) is 21.9 Å². The molecule has 1 saturated heterocycles. The van der Waals surface area contributed by atoms with Crippen LogP contribution in [0.4, 0.5) is 5.82 Å². The molecule has 1 spiro atoms. The molecule has 0 radical (unpaired) electrons. The molecule has 3 aromatic heterocycles. The molecule has 0 unspecified atom stereocenters. The number of aliphatic hydroxyl groups is 2. The lowest BCUT2D eigenvalue weighted by Crippen LogP contribution is -2.38. The Balaban J connectivity index is 1.31. The first kappa shape index (κ1) is 20.8. The summed E-state index contributed by atoms with van der Waals surface area (Å²) in [7, 11) is 0. The van der Waals surface area contributed by atoms with E-state index >= 15 is 0 Å². The Bertz CT molecular complexity index is 1450. The number of aromatic nitrogens is 4. The van der Waals surface area contributed by atoms with Crippen molar-refractivity contribution >= 4 is 43.7 Å². The van der Waals surface area contributed by atoms with Gasteiger partial charge in [-0.15, -0.1) is 0 Å². The number of pyridine rings is 1. The zero-order valence-electron chi connectivity index (χ0n) is 17.6. The Hall–Kier alpha value is -2.79. The van der Waals surface area contributed by atoms with Crippen molar-refractivity contribution in [2.24, 2.45) is 5.41 Å². The van der Waals surface area contributed by atoms with Gasteiger partial charge in [0.2, 0.25) is 0 Å². The molecule has 10 heteroatoms. The maximum absolute atomic E-state index is 12.0. The van der Waals surface area contributed by atoms with Crippen LogP contribution in [0.3, 0.4) is 0 Å². The van der Waals surface area contributed by atoms with Gasteiger partial charge in [0, 0.05) is 29.7 Å². The first-order valence-corrected chi connectivity index (χ1v) is 11.6. The van der Waals surface area contributed by atoms with Gasteiger partial charge in [-0.1, -0.05) is 12.1 Å². The normalized spacial score (nSPS) is 29.5. The number of fused-ring (bicyclic) bond motifs is 2. The Morgan fingerprint density at radius 2 is 2.03 bits per heavy atom. The number of halogens is 1. The summed E-state index contributed by atoms with van der Waals surface area (Å²) in [6.07, 6.45) is 2.73. The van der Waals surface area contributed by atoms with Crippen LogP contribution in [0, 0.1) is 5.41 Å². The molecule has 1 saturated carbocycles. The topological polar surface area (TPSA) is 142 Å². The number of anilines is 1. The maximum atomic E-state index is 12.0. The monoisotopic (exact) mass is 510 g/mol. The van der Waals surface area contributed by atoms with Crippen molar-refractivity contribution < 1.29 is 10.2 Å². The maximum Gasteiger partial charge on any atom is 0.262 e. The van der Waals surface area contributed by atoms with E-state index in [1.54, 1.807) is 6.07 Å². The molecule has 0 amide bonds. The van der Waals surface area contributed by atoms with Gasteiger partial charge in [-0.3, -0.25) is 4.79 Å². The van der Waals surface area contributed by atoms with E-state index in [1.165, 1.54) is 6.33 Å². The number of nitrogen functional groups attached to an aromatic ring is 1. The van der Waals surface area contributed by atoms with E-state index in [0.29, 0.717) is 35.3 Å². The van der Waals surface area contributed by atoms with Crippen molar-refractivity contribution in [3.63, 3.8) is 0 Å². The Morgan fingerprint density at radius 3 is 2.88 bits per heavy atom. The highest BCUT2D eigenvalue weighted by Crippen LogP contribution is 2.52. The molecule has 1 aliphatic carbocycles. The summed E-state index contributed by atoms with van der Waals surface area (Å²) < 4.78 is 2.40. The number of hydrogen-bond donors (Lipinski definition) is 5. The summed E-state index contributed by atoms with van der Waals surface area (Å²) in [5, 5.41) is 27.4. The molecular formula is C23H23BrN6O3. The van der Waals surface area contributed by atoms with Crippen molar-refractivity contribution in [1.82, 2.24) is 24.8 Å². The predicted molar refractivity (Wildman–Crippen MR) is 128 cm³/mol. The third kappa shape index (κ3) is 3.12. The fraction of sp³-hybridized carbons (Fsp3) is 0.348. The molecule has 170 valence electrons. The minimum absolute atomic E-state index is 0.00141. The summed E-state index contributed by atoms with van der Waals surface area (Å²) in [4.78, 5) is 23.3. The van der Waals surface area contributed by atoms with Crippen molar-refractivity contribution in [3.8, 4) is 0 Å². The Kier molecular flexibility index (Phi) is 4.64. The Morgan fingerprint density at radius 1 is 1.18 bits per heavy atom. The number of nitrogens with two attached hydrogens (primary N) is 1. The van der Waals surface area contributed by atoms with Gasteiger partial charge in [0.15, 0.2) is 0 Å². The van der Waals surface area contributed by atoms with E-state index < -0.39 is 17.6 Å². The number of aliphatic hydroxyl groups excluding tert-OH is 2. The highest BCUT2D eigenvalue weighted by Gasteiger charge is 2.56. The van der Waals surface area contributed by atoms with Gasteiger partial charge >= 0.3 is 0 Å². The minimum Gasteiger partial charge on any atom is -0.390 e. The standard InChI is InChI=1S/C23H23BrN6O3/c24-14-5-11-1-2-12(6-15(11)29-22(14)33)16-7-23(9-26-16)8-17(18(31)19(23)32)30-4-3-13-20(25)27-10-28-21(13)30/h1-6,10,16-19,26,31-32H,7-9H2,(H,29,33)(H2,25,27,28)/t16-,17-,18+,19+,23+/m1/s1. The lowest BCUT2D eigenvalue weighted by molar-refractivity contribution is -0.0218. The number of benzene rings is 1. The first-order valence-electron chi connectivity index (χ1n) is 10.9. The van der Waals surface area contributed by atoms with Crippen LogP contribution in [0.15, 0.2) is 52.1 Å². The molecule has 4 heterocycles. The lowest BCUT2D eigenvalue weighted by Gasteiger charge is -2.27. The van der Waals surface area contributed by atoms with Crippen LogP contribution in [-0.2, 0) is 0 Å². The smallest absolute Gasteiger partial charge is 0.262 e. The molecule has 0 bridgehead atoms. The molecule has 1 aliphatic heterocycles. The summed E-state index contributed by atoms with van der Waals surface area (Å²) in [5.74, 6) is 0.394. The van der Waals surface area contributed by atoms with Gasteiger partial charge in [0.05, 0.1) is 22.0 Å². The van der Waals surface area contributed by atoms with Crippen LogP contribution in [0.2, 0.25) is 0 Å². The second-order valence-corrected chi connectivity index (χ2v) is 10.1. The van der Waals surface area contributed by atoms with E-state index in [9.17, 15) is 15.0 Å². The number of aromatic amines is 1. The third-order valence-corrected chi connectivity index (χ3v) is 7.99. The average molecular weight is 511 g/mol. The summed E-state index contributed by atoms with van der Waals surface area (Å²) in [5.41, 5.74) is 7.78. The van der Waals surface area contributed by atoms with Crippen molar-refractivity contribution in [2.45, 2.75) is 37.1 Å². The van der Waals surface area contributed by atoms with E-state index in [2.05, 4.69) is 36.2 Å². The summed E-state index contributed by atoms with van der Waals surface area (Å²) >= 11 is 3.27. The molecule has 5 atom stereocenters. The van der Waals surface area contributed by atoms with Crippen molar-refractivity contribution in [3.05, 3.63) is 63.2 Å². The van der Waals surface area contributed by atoms with E-state index in [0.717, 1.165) is 21.9 Å². The molecule has 6 rings (SSSR count). The number of hydrogen-bond acceptors (Lipinski definition) is 7. The van der Waals surface area contributed by atoms with Crippen molar-refractivity contribution in [1.29, 1.82) is 0 Å². The molecular weight excluding hydrogens is 488 g/mol. The van der Waals surface area contributed by atoms with E-state index in [1.807, 2.05) is 35.0 Å². The number of nitrogens with one attached hydrogen (secondary N) is 2. The third-order valence-electron chi connectivity index (χ3n) is 7.40. The fourth-order valence-electron chi connectivity index (χ4n) is 5.65. The summed E-state index contributed by atoms with van der Waals surface area (Å²) in [6, 6.07) is 9.34. The summed E-state index contributed by atoms with van der Waals surface area (Å²) in [6.45, 7) is 0.581. The van der Waals surface area contributed by atoms with Crippen LogP contribution in [-0.4, -0.2) is 48.5 Å². The molecule has 1 aromatic carbocycles. The molecule has 9 nitrogen and oxygen atoms in total. The van der Waals surface area contributed by atoms with Gasteiger partial charge in [-0.25, -0.2) is 9.97 Å². The molecule has 33 heavy (non-hydrogen) atoms. The van der Waals surface area contributed by atoms with E-state index in [4.69, 9.17) is 5.73 Å². The Labute approximate surface area is 196 Å². The lowest BCUT2D eigenvalue weighted by atomic mass is 9.80. The second-order valence-electron chi connectivity index (χ2n) is 9.22. The number of rotatable bonds is 2. The van der Waals surface area contributed by atoms with Gasteiger partial charge in [0.25, 0.3) is 5.56 Å². The second kappa shape index (κ2) is 7.36. The zero-order valence-corrected chi connectivity index (χ0v) is 19.2. The van der Waals surface area contributed by atoms with E-state index in [-0.39, 0.29) is 17.6 Å². The van der Waals surface area contributed by atoms with Gasteiger partial charge in [0.1, 0.15) is 23.9 Å². The molecule has 6 N–H and O–H groups in total. The largest absolute Gasteiger partial charge is 0.390 e. The fourth-order valence-corrected chi connectivity index (χ4v) is 6.00. The zero-order chi connectivity index (χ0) is 22.9. The number of nitrogens with zero attached hydrogens (tertiary/aromatic N) is 3. The van der Waals surface area contributed by atoms with Crippen LogP contribution in [0.1, 0.15) is 30.5 Å². The minimum atomic E-state index is -0.928. The number of H-pyrrole nitrogens is 1. The van der Waals surface area contributed by atoms with Crippen LogP contribution in [0.5, 0.6) is 0 Å². The molecule has 2 fully saturated rings. The quantitative estimate of drug-likeness (QED) is 0.277. The SMILES string of the molecule is Nc1ncnc2c1ccn2[C@@H]1C[C@@]2(CN[C@@H](c3ccc4cc(Br)c(=O)[nH]c4c3)C2)[C@@H](O)[C@H]1O. The average Bonchev–Trinajstić information content (AvgIpc) is 3.48. The van der Waals surface area contributed by atoms with Gasteiger partial charge in [-0.2, -0.15) is 0 Å².